The smallest absolute Gasteiger partial charge is 0.0961 e. The van der Waals surface area contributed by atoms with Crippen molar-refractivity contribution in [1.29, 1.82) is 0 Å². The van der Waals surface area contributed by atoms with E-state index in [-0.39, 0.29) is 11.9 Å². The second kappa shape index (κ2) is 2.27. The van der Waals surface area contributed by atoms with Gasteiger partial charge < -0.3 is 5.11 Å². The van der Waals surface area contributed by atoms with E-state index in [1.165, 1.54) is 6.08 Å². The van der Waals surface area contributed by atoms with Gasteiger partial charge in [0.2, 0.25) is 0 Å². The molecule has 1 nitrogen and oxygen atoms in total. The predicted octanol–water partition coefficient (Wildman–Crippen LogP) is 1.38. The molecule has 0 heterocycles. The van der Waals surface area contributed by atoms with Crippen LogP contribution in [0.1, 0.15) is 19.3 Å². The molecule has 1 unspecified atom stereocenters. The monoisotopic (exact) mass is 116 g/mol. The fourth-order valence-electron chi connectivity index (χ4n) is 0.788. The van der Waals surface area contributed by atoms with Gasteiger partial charge in [0.05, 0.1) is 11.9 Å². The molecule has 0 aromatic rings. The molecule has 1 aliphatic rings. The zero-order chi connectivity index (χ0) is 5.98. The Balaban J connectivity index is 2.42. The Morgan fingerprint density at radius 3 is 2.88 bits per heavy atom. The lowest BCUT2D eigenvalue weighted by molar-refractivity contribution is 0.158. The summed E-state index contributed by atoms with van der Waals surface area (Å²) in [7, 11) is 0. The fourth-order valence-corrected chi connectivity index (χ4v) is 0.788. The largest absolute Gasteiger partial charge is 0.393 e. The van der Waals surface area contributed by atoms with Crippen molar-refractivity contribution in [2.75, 3.05) is 0 Å². The highest BCUT2D eigenvalue weighted by Gasteiger charge is 2.09. The van der Waals surface area contributed by atoms with Crippen molar-refractivity contribution >= 4 is 0 Å². The number of rotatable bonds is 0. The van der Waals surface area contributed by atoms with Gasteiger partial charge in [0, 0.05) is 6.42 Å². The number of allylic oxidation sites excluding steroid dienone is 1. The van der Waals surface area contributed by atoms with Crippen molar-refractivity contribution in [3.8, 4) is 0 Å². The number of aliphatic hydroxyl groups excluding tert-OH is 1. The van der Waals surface area contributed by atoms with Crippen molar-refractivity contribution in [2.45, 2.75) is 25.4 Å². The SMILES string of the molecule is OC1CC=C(F)CC1. The van der Waals surface area contributed by atoms with Crippen LogP contribution in [0, 0.1) is 0 Å². The molecule has 8 heavy (non-hydrogen) atoms. The Hall–Kier alpha value is -0.370. The molecular formula is C6H9FO. The van der Waals surface area contributed by atoms with Crippen LogP contribution in [0.2, 0.25) is 0 Å². The molecule has 46 valence electrons. The molecule has 1 N–H and O–H groups in total. The zero-order valence-electron chi connectivity index (χ0n) is 4.60. The van der Waals surface area contributed by atoms with Crippen LogP contribution < -0.4 is 0 Å². The first kappa shape index (κ1) is 5.76. The molecule has 1 aliphatic carbocycles. The third-order valence-corrected chi connectivity index (χ3v) is 1.33. The summed E-state index contributed by atoms with van der Waals surface area (Å²) in [5, 5.41) is 8.82. The van der Waals surface area contributed by atoms with Crippen LogP contribution >= 0.6 is 0 Å². The van der Waals surface area contributed by atoms with E-state index >= 15 is 0 Å². The highest BCUT2D eigenvalue weighted by atomic mass is 19.1. The van der Waals surface area contributed by atoms with E-state index < -0.39 is 0 Å². The third kappa shape index (κ3) is 1.30. The van der Waals surface area contributed by atoms with Gasteiger partial charge in [0.1, 0.15) is 0 Å². The topological polar surface area (TPSA) is 20.2 Å². The minimum atomic E-state index is -0.297. The summed E-state index contributed by atoms with van der Waals surface area (Å²) in [6.07, 6.45) is 2.65. The molecule has 2 heteroatoms. The molecule has 0 saturated heterocycles. The van der Waals surface area contributed by atoms with E-state index in [0.29, 0.717) is 19.3 Å². The number of aliphatic hydroxyl groups is 1. The van der Waals surface area contributed by atoms with Gasteiger partial charge in [-0.1, -0.05) is 6.08 Å². The molecule has 1 atom stereocenters. The lowest BCUT2D eigenvalue weighted by Gasteiger charge is -2.11. The van der Waals surface area contributed by atoms with Gasteiger partial charge >= 0.3 is 0 Å². The highest BCUT2D eigenvalue weighted by Crippen LogP contribution is 2.17. The van der Waals surface area contributed by atoms with Gasteiger partial charge in [-0.3, -0.25) is 0 Å². The molecule has 0 aromatic heterocycles. The van der Waals surface area contributed by atoms with E-state index in [1.807, 2.05) is 0 Å². The zero-order valence-corrected chi connectivity index (χ0v) is 4.60. The van der Waals surface area contributed by atoms with E-state index in [4.69, 9.17) is 5.11 Å². The Labute approximate surface area is 47.8 Å². The first-order chi connectivity index (χ1) is 3.79. The van der Waals surface area contributed by atoms with E-state index in [9.17, 15) is 4.39 Å². The van der Waals surface area contributed by atoms with E-state index in [1.54, 1.807) is 0 Å². The van der Waals surface area contributed by atoms with Crippen LogP contribution in [-0.4, -0.2) is 11.2 Å². The molecule has 0 radical (unpaired) electrons. The molecule has 0 amide bonds. The van der Waals surface area contributed by atoms with Crippen LogP contribution in [0.3, 0.4) is 0 Å². The van der Waals surface area contributed by atoms with Gasteiger partial charge in [0.15, 0.2) is 0 Å². The van der Waals surface area contributed by atoms with Crippen molar-refractivity contribution in [1.82, 2.24) is 0 Å². The summed E-state index contributed by atoms with van der Waals surface area (Å²) < 4.78 is 12.1. The average molecular weight is 116 g/mol. The third-order valence-electron chi connectivity index (χ3n) is 1.33. The maximum absolute atomic E-state index is 12.1. The molecule has 0 fully saturated rings. The summed E-state index contributed by atoms with van der Waals surface area (Å²) in [6.45, 7) is 0. The molecule has 0 aromatic carbocycles. The van der Waals surface area contributed by atoms with Crippen LogP contribution in [0.5, 0.6) is 0 Å². The van der Waals surface area contributed by atoms with Gasteiger partial charge in [-0.15, -0.1) is 0 Å². The second-order valence-corrected chi connectivity index (χ2v) is 2.08. The van der Waals surface area contributed by atoms with Crippen LogP contribution in [0.4, 0.5) is 4.39 Å². The van der Waals surface area contributed by atoms with Gasteiger partial charge in [-0.25, -0.2) is 4.39 Å². The van der Waals surface area contributed by atoms with Crippen LogP contribution in [-0.2, 0) is 0 Å². The average Bonchev–Trinajstić information content (AvgIpc) is 1.77. The van der Waals surface area contributed by atoms with Crippen molar-refractivity contribution in [3.05, 3.63) is 11.9 Å². The van der Waals surface area contributed by atoms with E-state index in [2.05, 4.69) is 0 Å². The summed E-state index contributed by atoms with van der Waals surface area (Å²) in [5.74, 6) is -0.0738. The van der Waals surface area contributed by atoms with Crippen molar-refractivity contribution in [3.63, 3.8) is 0 Å². The van der Waals surface area contributed by atoms with E-state index in [0.717, 1.165) is 0 Å². The second-order valence-electron chi connectivity index (χ2n) is 2.08. The standard InChI is InChI=1S/C6H9FO/c7-5-1-3-6(8)4-2-5/h1,6,8H,2-4H2. The minimum Gasteiger partial charge on any atom is -0.393 e. The summed E-state index contributed by atoms with van der Waals surface area (Å²) in [4.78, 5) is 0. The van der Waals surface area contributed by atoms with Crippen molar-refractivity contribution in [2.24, 2.45) is 0 Å². The first-order valence-electron chi connectivity index (χ1n) is 2.81. The summed E-state index contributed by atoms with van der Waals surface area (Å²) in [6, 6.07) is 0. The van der Waals surface area contributed by atoms with Gasteiger partial charge in [-0.2, -0.15) is 0 Å². The maximum atomic E-state index is 12.1. The maximum Gasteiger partial charge on any atom is 0.0961 e. The Bertz CT molecular complexity index is 109. The van der Waals surface area contributed by atoms with Crippen LogP contribution in [0.25, 0.3) is 0 Å². The lowest BCUT2D eigenvalue weighted by Crippen LogP contribution is -2.08. The Morgan fingerprint density at radius 1 is 1.75 bits per heavy atom. The lowest BCUT2D eigenvalue weighted by atomic mass is 10.0. The molecule has 0 aliphatic heterocycles. The van der Waals surface area contributed by atoms with Gasteiger partial charge in [-0.05, 0) is 12.8 Å². The molecular weight excluding hydrogens is 107 g/mol. The van der Waals surface area contributed by atoms with Crippen LogP contribution in [0.15, 0.2) is 11.9 Å². The normalized spacial score (nSPS) is 29.8. The Kier molecular flexibility index (Phi) is 1.63. The highest BCUT2D eigenvalue weighted by molar-refractivity contribution is 4.97. The number of hydrogen-bond acceptors (Lipinski definition) is 1. The predicted molar refractivity (Wildman–Crippen MR) is 29.0 cm³/mol. The molecule has 1 rings (SSSR count). The number of halogens is 1. The number of hydrogen-bond donors (Lipinski definition) is 1. The molecule has 0 bridgehead atoms. The molecule has 0 saturated carbocycles. The summed E-state index contributed by atoms with van der Waals surface area (Å²) in [5.41, 5.74) is 0. The van der Waals surface area contributed by atoms with Crippen molar-refractivity contribution < 1.29 is 9.50 Å². The minimum absolute atomic E-state index is 0.0738. The molecule has 0 spiro atoms. The summed E-state index contributed by atoms with van der Waals surface area (Å²) >= 11 is 0. The van der Waals surface area contributed by atoms with Gasteiger partial charge in [0.25, 0.3) is 0 Å². The first-order valence-corrected chi connectivity index (χ1v) is 2.81. The quantitative estimate of drug-likeness (QED) is 0.507. The fraction of sp³-hybridized carbons (Fsp3) is 0.667. The Morgan fingerprint density at radius 2 is 2.50 bits per heavy atom.